The van der Waals surface area contributed by atoms with Crippen LogP contribution in [0.3, 0.4) is 0 Å². The lowest BCUT2D eigenvalue weighted by Gasteiger charge is -2.21. The number of aromatic nitrogens is 3. The van der Waals surface area contributed by atoms with Crippen LogP contribution in [0.25, 0.3) is 21.9 Å². The number of hydrogen-bond acceptors (Lipinski definition) is 5. The zero-order chi connectivity index (χ0) is 17.5. The lowest BCUT2D eigenvalue weighted by atomic mass is 10.1. The predicted octanol–water partition coefficient (Wildman–Crippen LogP) is 1.71. The Morgan fingerprint density at radius 3 is 2.75 bits per heavy atom. The molecule has 7 nitrogen and oxygen atoms in total. The Bertz CT molecular complexity index is 896. The zero-order valence-electron chi connectivity index (χ0n) is 14.1. The molecule has 0 amide bonds. The molecule has 0 saturated carbocycles. The smallest absolute Gasteiger partial charge is 0.304 e. The first-order valence-corrected chi connectivity index (χ1v) is 7.92. The number of ether oxygens (including phenoxy) is 1. The fourth-order valence-electron chi connectivity index (χ4n) is 2.89. The van der Waals surface area contributed by atoms with Gasteiger partial charge in [0.1, 0.15) is 17.9 Å². The van der Waals surface area contributed by atoms with Gasteiger partial charge in [-0.1, -0.05) is 12.1 Å². The molecule has 0 spiro atoms. The summed E-state index contributed by atoms with van der Waals surface area (Å²) in [6.45, 7) is 6.51. The summed E-state index contributed by atoms with van der Waals surface area (Å²) in [7, 11) is 0. The summed E-state index contributed by atoms with van der Waals surface area (Å²) in [4.78, 5) is 4.53. The monoisotopic (exact) mass is 330 g/mol. The van der Waals surface area contributed by atoms with E-state index in [1.165, 1.54) is 0 Å². The van der Waals surface area contributed by atoms with E-state index in [-0.39, 0.29) is 12.4 Å². The van der Waals surface area contributed by atoms with Gasteiger partial charge in [-0.25, -0.2) is 9.71 Å². The predicted molar refractivity (Wildman–Crippen MR) is 92.2 cm³/mol. The molecule has 7 heteroatoms. The van der Waals surface area contributed by atoms with Crippen molar-refractivity contribution in [3.05, 3.63) is 35.3 Å². The minimum atomic E-state index is -0.951. The summed E-state index contributed by atoms with van der Waals surface area (Å²) >= 11 is 0. The van der Waals surface area contributed by atoms with Crippen molar-refractivity contribution in [1.82, 2.24) is 9.55 Å². The van der Waals surface area contributed by atoms with Crippen LogP contribution in [0.4, 0.5) is 5.82 Å². The third-order valence-electron chi connectivity index (χ3n) is 3.87. The van der Waals surface area contributed by atoms with Crippen molar-refractivity contribution >= 4 is 27.8 Å². The van der Waals surface area contributed by atoms with Gasteiger partial charge in [-0.05, 0) is 32.9 Å². The number of para-hydroxylation sites is 1. The summed E-state index contributed by atoms with van der Waals surface area (Å²) in [6, 6.07) is 7.24. The van der Waals surface area contributed by atoms with Crippen molar-refractivity contribution in [2.45, 2.75) is 39.5 Å². The molecule has 0 fully saturated rings. The number of aliphatic hydroxyl groups is 1. The van der Waals surface area contributed by atoms with Crippen LogP contribution in [-0.2, 0) is 17.9 Å². The SMILES string of the molecule is CCOCc1nc2c(N)[n+]([O-])c3ccccc3c2n1CC(C)(C)O. The summed E-state index contributed by atoms with van der Waals surface area (Å²) < 4.78 is 8.09. The summed E-state index contributed by atoms with van der Waals surface area (Å²) in [5.74, 6) is 0.688. The van der Waals surface area contributed by atoms with Crippen molar-refractivity contribution < 1.29 is 14.6 Å². The molecule has 0 unspecified atom stereocenters. The van der Waals surface area contributed by atoms with E-state index in [0.717, 1.165) is 10.9 Å². The number of imidazole rings is 1. The molecule has 0 radical (unpaired) electrons. The van der Waals surface area contributed by atoms with Gasteiger partial charge >= 0.3 is 5.82 Å². The minimum Gasteiger partial charge on any atom is -0.710 e. The maximum absolute atomic E-state index is 12.4. The van der Waals surface area contributed by atoms with E-state index in [1.807, 2.05) is 23.6 Å². The molecular weight excluding hydrogens is 308 g/mol. The van der Waals surface area contributed by atoms with Crippen LogP contribution in [0.15, 0.2) is 24.3 Å². The second-order valence-corrected chi connectivity index (χ2v) is 6.46. The average molecular weight is 330 g/mol. The molecule has 3 aromatic rings. The number of anilines is 1. The van der Waals surface area contributed by atoms with Crippen LogP contribution in [0.2, 0.25) is 0 Å². The number of benzene rings is 1. The lowest BCUT2D eigenvalue weighted by Crippen LogP contribution is -2.32. The number of fused-ring (bicyclic) bond motifs is 3. The van der Waals surface area contributed by atoms with Gasteiger partial charge in [-0.15, -0.1) is 0 Å². The van der Waals surface area contributed by atoms with Crippen LogP contribution in [-0.4, -0.2) is 26.9 Å². The van der Waals surface area contributed by atoms with E-state index >= 15 is 0 Å². The van der Waals surface area contributed by atoms with E-state index in [0.29, 0.717) is 34.7 Å². The second-order valence-electron chi connectivity index (χ2n) is 6.46. The molecule has 24 heavy (non-hydrogen) atoms. The lowest BCUT2D eigenvalue weighted by molar-refractivity contribution is -0.559. The highest BCUT2D eigenvalue weighted by Gasteiger charge is 2.24. The number of nitrogen functional groups attached to an aromatic ring is 1. The normalized spacial score (nSPS) is 12.3. The highest BCUT2D eigenvalue weighted by molar-refractivity contribution is 6.04. The van der Waals surface area contributed by atoms with Crippen LogP contribution >= 0.6 is 0 Å². The number of nitrogens with zero attached hydrogens (tertiary/aromatic N) is 3. The van der Waals surface area contributed by atoms with Gasteiger partial charge in [0.15, 0.2) is 5.52 Å². The quantitative estimate of drug-likeness (QED) is 0.548. The van der Waals surface area contributed by atoms with Crippen LogP contribution in [0, 0.1) is 5.21 Å². The summed E-state index contributed by atoms with van der Waals surface area (Å²) in [5, 5.41) is 23.5. The molecule has 128 valence electrons. The third-order valence-corrected chi connectivity index (χ3v) is 3.87. The molecule has 0 aliphatic rings. The summed E-state index contributed by atoms with van der Waals surface area (Å²) in [5.41, 5.74) is 6.73. The van der Waals surface area contributed by atoms with E-state index in [4.69, 9.17) is 10.5 Å². The average Bonchev–Trinajstić information content (AvgIpc) is 2.87. The van der Waals surface area contributed by atoms with E-state index in [2.05, 4.69) is 4.98 Å². The first kappa shape index (κ1) is 16.5. The zero-order valence-corrected chi connectivity index (χ0v) is 14.1. The van der Waals surface area contributed by atoms with Gasteiger partial charge in [0, 0.05) is 12.0 Å². The van der Waals surface area contributed by atoms with Crippen molar-refractivity contribution in [1.29, 1.82) is 0 Å². The first-order valence-electron chi connectivity index (χ1n) is 7.92. The van der Waals surface area contributed by atoms with Gasteiger partial charge in [-0.2, -0.15) is 0 Å². The van der Waals surface area contributed by atoms with Crippen molar-refractivity contribution in [2.75, 3.05) is 12.3 Å². The van der Waals surface area contributed by atoms with Gasteiger partial charge in [0.25, 0.3) is 0 Å². The van der Waals surface area contributed by atoms with Crippen molar-refractivity contribution in [2.24, 2.45) is 0 Å². The van der Waals surface area contributed by atoms with Crippen LogP contribution in [0.5, 0.6) is 0 Å². The Morgan fingerprint density at radius 2 is 2.08 bits per heavy atom. The number of rotatable bonds is 5. The first-order chi connectivity index (χ1) is 11.3. The Morgan fingerprint density at radius 1 is 1.38 bits per heavy atom. The number of nitrogens with two attached hydrogens (primary N) is 1. The topological polar surface area (TPSA) is 100 Å². The van der Waals surface area contributed by atoms with Gasteiger partial charge in [0.2, 0.25) is 0 Å². The fourth-order valence-corrected chi connectivity index (χ4v) is 2.89. The molecule has 3 N–H and O–H groups in total. The highest BCUT2D eigenvalue weighted by atomic mass is 16.5. The molecule has 2 heterocycles. The molecule has 1 aromatic carbocycles. The van der Waals surface area contributed by atoms with Crippen molar-refractivity contribution in [3.63, 3.8) is 0 Å². The fraction of sp³-hybridized carbons (Fsp3) is 0.412. The minimum absolute atomic E-state index is 0.0518. The van der Waals surface area contributed by atoms with Crippen LogP contribution < -0.4 is 10.5 Å². The maximum atomic E-state index is 12.4. The van der Waals surface area contributed by atoms with Gasteiger partial charge in [0.05, 0.1) is 17.7 Å². The van der Waals surface area contributed by atoms with Crippen molar-refractivity contribution in [3.8, 4) is 0 Å². The second kappa shape index (κ2) is 5.92. The van der Waals surface area contributed by atoms with E-state index in [1.54, 1.807) is 26.0 Å². The van der Waals surface area contributed by atoms with Crippen LogP contribution in [0.1, 0.15) is 26.6 Å². The Labute approximate surface area is 139 Å². The third kappa shape index (κ3) is 2.76. The number of hydrogen-bond donors (Lipinski definition) is 2. The molecule has 0 saturated heterocycles. The van der Waals surface area contributed by atoms with E-state index < -0.39 is 5.60 Å². The molecule has 0 bridgehead atoms. The largest absolute Gasteiger partial charge is 0.710 e. The Balaban J connectivity index is 2.38. The molecule has 0 aliphatic heterocycles. The number of pyridine rings is 1. The molecule has 0 atom stereocenters. The van der Waals surface area contributed by atoms with Gasteiger partial charge < -0.3 is 19.6 Å². The Kier molecular flexibility index (Phi) is 4.06. The van der Waals surface area contributed by atoms with Gasteiger partial charge in [-0.3, -0.25) is 5.73 Å². The molecule has 2 aromatic heterocycles. The molecule has 3 rings (SSSR count). The highest BCUT2D eigenvalue weighted by Crippen LogP contribution is 2.29. The molecule has 0 aliphatic carbocycles. The van der Waals surface area contributed by atoms with E-state index in [9.17, 15) is 10.3 Å². The molecular formula is C17H22N4O3. The Hall–Kier alpha value is -2.38. The summed E-state index contributed by atoms with van der Waals surface area (Å²) in [6.07, 6.45) is 0. The maximum Gasteiger partial charge on any atom is 0.304 e. The standard InChI is InChI=1S/C17H22N4O3/c1-4-24-9-13-19-14-15(20(13)10-17(2,3)22)11-7-5-6-8-12(11)21(23)16(14)18/h5-8,22H,4,9-10,18H2,1-3H3.